The molecule has 0 aliphatic carbocycles. The third-order valence-electron chi connectivity index (χ3n) is 12.1. The third kappa shape index (κ3) is 23.1. The highest BCUT2D eigenvalue weighted by atomic mass is 16.5. The van der Waals surface area contributed by atoms with Gasteiger partial charge in [-0.15, -0.1) is 0 Å². The molecule has 9 amide bonds. The van der Waals surface area contributed by atoms with Crippen molar-refractivity contribution in [3.63, 3.8) is 0 Å². The van der Waals surface area contributed by atoms with E-state index in [1.807, 2.05) is 4.90 Å². The molecule has 0 aliphatic rings. The summed E-state index contributed by atoms with van der Waals surface area (Å²) in [5.41, 5.74) is 19.4. The molecule has 0 aliphatic heterocycles. The zero-order valence-electron chi connectivity index (χ0n) is 45.1. The van der Waals surface area contributed by atoms with Crippen LogP contribution in [0, 0.1) is 0 Å². The van der Waals surface area contributed by atoms with Gasteiger partial charge in [-0.1, -0.05) is 0 Å². The smallest absolute Gasteiger partial charge is 0.326 e. The van der Waals surface area contributed by atoms with Gasteiger partial charge in [0.1, 0.15) is 24.2 Å². The van der Waals surface area contributed by atoms with E-state index in [9.17, 15) is 78.6 Å². The van der Waals surface area contributed by atoms with Crippen LogP contribution in [0.3, 0.4) is 0 Å². The first-order chi connectivity index (χ1) is 38.2. The van der Waals surface area contributed by atoms with Crippen LogP contribution >= 0.6 is 0 Å². The normalized spacial score (nSPS) is 12.7. The quantitative estimate of drug-likeness (QED) is 0.0162. The van der Waals surface area contributed by atoms with Crippen molar-refractivity contribution < 1.29 is 78.6 Å². The number of anilines is 3. The van der Waals surface area contributed by atoms with Crippen LogP contribution in [0.4, 0.5) is 17.5 Å². The Morgan fingerprint density at radius 3 is 1.49 bits per heavy atom. The van der Waals surface area contributed by atoms with Crippen molar-refractivity contribution in [3.8, 4) is 0 Å². The van der Waals surface area contributed by atoms with E-state index in [0.717, 1.165) is 20.8 Å². The maximum Gasteiger partial charge on any atom is 0.326 e. The predicted molar refractivity (Wildman–Crippen MR) is 283 cm³/mol. The minimum Gasteiger partial charge on any atom is -0.480 e. The Morgan fingerprint density at radius 2 is 1.02 bits per heavy atom. The van der Waals surface area contributed by atoms with E-state index >= 15 is 0 Å². The summed E-state index contributed by atoms with van der Waals surface area (Å²) >= 11 is 0. The van der Waals surface area contributed by atoms with Crippen molar-refractivity contribution in [1.82, 2.24) is 67.0 Å². The first kappa shape index (κ1) is 66.3. The van der Waals surface area contributed by atoms with Crippen molar-refractivity contribution in [2.45, 2.75) is 122 Å². The number of nitrogens with one attached hydrogen (secondary N) is 6. The number of nitrogens with zero attached hydrogens (tertiary/aromatic N) is 8. The largest absolute Gasteiger partial charge is 0.480 e. The molecule has 2 aromatic heterocycles. The number of hydroxylamine groups is 6. The molecule has 0 unspecified atom stereocenters. The summed E-state index contributed by atoms with van der Waals surface area (Å²) in [7, 11) is 1.77. The van der Waals surface area contributed by atoms with Crippen LogP contribution in [0.25, 0.3) is 11.2 Å². The van der Waals surface area contributed by atoms with Crippen LogP contribution in [0.2, 0.25) is 0 Å². The fourth-order valence-electron chi connectivity index (χ4n) is 7.46. The van der Waals surface area contributed by atoms with Gasteiger partial charge in [-0.25, -0.2) is 34.7 Å². The number of aromatic nitrogens is 4. The summed E-state index contributed by atoms with van der Waals surface area (Å²) in [5, 5.41) is 64.8. The van der Waals surface area contributed by atoms with Crippen LogP contribution in [-0.2, 0) is 54.5 Å². The molecule has 0 saturated carbocycles. The van der Waals surface area contributed by atoms with Crippen LogP contribution in [0.1, 0.15) is 101 Å². The number of nitrogen functional groups attached to an aromatic ring is 2. The monoisotopic (exact) mass is 1140 g/mol. The molecule has 0 radical (unpaired) electrons. The summed E-state index contributed by atoms with van der Waals surface area (Å²) in [6.45, 7) is 2.48. The van der Waals surface area contributed by atoms with Crippen LogP contribution in [0.15, 0.2) is 30.5 Å². The van der Waals surface area contributed by atoms with Crippen LogP contribution in [-0.4, -0.2) is 196 Å². The molecule has 2 heterocycles. The number of hydrogen-bond donors (Lipinski definition) is 14. The van der Waals surface area contributed by atoms with Crippen molar-refractivity contribution in [1.29, 1.82) is 0 Å². The topological polar surface area (TPSA) is 504 Å². The minimum atomic E-state index is -1.72. The van der Waals surface area contributed by atoms with E-state index in [2.05, 4.69) is 51.8 Å². The number of carboxylic acids is 2. The van der Waals surface area contributed by atoms with Gasteiger partial charge in [0.2, 0.25) is 53.2 Å². The number of benzene rings is 1. The molecule has 33 heteroatoms. The molecule has 0 spiro atoms. The number of fused-ring (bicyclic) bond motifs is 1. The zero-order valence-corrected chi connectivity index (χ0v) is 45.1. The molecule has 0 fully saturated rings. The fourth-order valence-corrected chi connectivity index (χ4v) is 7.46. The highest BCUT2D eigenvalue weighted by Crippen LogP contribution is 2.19. The molecule has 1 aromatic carbocycles. The van der Waals surface area contributed by atoms with E-state index in [0.29, 0.717) is 26.6 Å². The Morgan fingerprint density at radius 1 is 0.580 bits per heavy atom. The Bertz CT molecular complexity index is 2720. The Balaban J connectivity index is 1.53. The SMILES string of the molecule is CC(=O)N(O)CCC[C@H](NC(=O)[C@H](CCCN(O)C(C)=O)NC(=O)[C@@H](N)CCCN(O)C(C)=O)C(=O)N[C@@H](CCC(=O)NCCNC(=O)CC[C@@H](NC(=O)c1ccc(N(C)Cc2cnc3nc(N)nc(N)c3n2)cc1)C(=O)O)C(=O)O. The number of carbonyl (C=O) groups excluding carboxylic acids is 9. The van der Waals surface area contributed by atoms with Crippen LogP contribution in [0.5, 0.6) is 0 Å². The number of amides is 9. The lowest BCUT2D eigenvalue weighted by Crippen LogP contribution is -2.57. The summed E-state index contributed by atoms with van der Waals surface area (Å²) < 4.78 is 0. The van der Waals surface area contributed by atoms with Gasteiger partial charge in [-0.05, 0) is 75.6 Å². The average molecular weight is 1140 g/mol. The van der Waals surface area contributed by atoms with Gasteiger partial charge in [-0.3, -0.25) is 58.8 Å². The molecule has 33 nitrogen and oxygen atoms in total. The second-order valence-corrected chi connectivity index (χ2v) is 18.5. The van der Waals surface area contributed by atoms with Crippen LogP contribution < -0.4 is 54.0 Å². The first-order valence-electron chi connectivity index (χ1n) is 25.4. The minimum absolute atomic E-state index is 0.0386. The lowest BCUT2D eigenvalue weighted by Gasteiger charge is -2.26. The van der Waals surface area contributed by atoms with Crippen molar-refractivity contribution in [2.24, 2.45) is 5.73 Å². The maximum absolute atomic E-state index is 13.8. The number of nitrogens with two attached hydrogens (primary N) is 3. The number of rotatable bonds is 34. The van der Waals surface area contributed by atoms with Crippen molar-refractivity contribution >= 4 is 93.7 Å². The number of carbonyl (C=O) groups is 11. The van der Waals surface area contributed by atoms with Crippen molar-refractivity contribution in [2.75, 3.05) is 56.1 Å². The summed E-state index contributed by atoms with van der Waals surface area (Å²) in [4.78, 5) is 156. The van der Waals surface area contributed by atoms with E-state index in [1.54, 1.807) is 19.2 Å². The molecule has 0 bridgehead atoms. The number of hydrogen-bond acceptors (Lipinski definition) is 22. The van der Waals surface area contributed by atoms with Gasteiger partial charge in [0, 0.05) is 84.6 Å². The van der Waals surface area contributed by atoms with Gasteiger partial charge in [-0.2, -0.15) is 9.97 Å². The standard InChI is InChI=1S/C48H71N17O16/c1-26(66)63(79)21-5-8-32(49)43(72)56-33(9-6-22-64(80)27(2)67)44(73)57-34(10-7-23-65(81)28(3)68)45(74)59-36(47(77)78)16-18-38(70)53-20-19-52-37(69)17-15-35(46(75)76)58-42(71)29-11-13-31(14-12-29)62(4)25-30-24-54-41-39(55-30)40(50)60-48(51)61-41/h11-14,24,32-36,79-81H,5-10,15-23,25,49H2,1-4H3,(H,52,69)(H,53,70)(H,56,72)(H,57,73)(H,58,71)(H,59,74)(H,75,76)(H,77,78)(H4,50,51,54,60,61)/t32-,33-,34-,35+,36-/m0/s1. The zero-order chi connectivity index (χ0) is 60.5. The lowest BCUT2D eigenvalue weighted by molar-refractivity contribution is -0.163. The van der Waals surface area contributed by atoms with E-state index in [1.165, 1.54) is 18.3 Å². The molecule has 81 heavy (non-hydrogen) atoms. The first-order valence-corrected chi connectivity index (χ1v) is 25.4. The number of aliphatic carboxylic acids is 2. The fraction of sp³-hybridized carbons (Fsp3) is 0.521. The highest BCUT2D eigenvalue weighted by Gasteiger charge is 2.31. The highest BCUT2D eigenvalue weighted by molar-refractivity contribution is 5.97. The number of carboxylic acid groups (broad SMARTS) is 2. The van der Waals surface area contributed by atoms with Gasteiger partial charge >= 0.3 is 11.9 Å². The average Bonchev–Trinajstić information content (AvgIpc) is 3.40. The Kier molecular flexibility index (Phi) is 26.9. The second-order valence-electron chi connectivity index (χ2n) is 18.5. The lowest BCUT2D eigenvalue weighted by atomic mass is 10.0. The summed E-state index contributed by atoms with van der Waals surface area (Å²) in [5.74, 6) is -10.0. The van der Waals surface area contributed by atoms with Gasteiger partial charge in [0.25, 0.3) is 5.91 Å². The van der Waals surface area contributed by atoms with E-state index in [-0.39, 0.29) is 119 Å². The molecule has 3 rings (SSSR count). The van der Waals surface area contributed by atoms with Gasteiger partial charge in [0.15, 0.2) is 17.0 Å². The Labute approximate surface area is 463 Å². The van der Waals surface area contributed by atoms with Gasteiger partial charge in [0.05, 0.1) is 24.5 Å². The summed E-state index contributed by atoms with van der Waals surface area (Å²) in [6, 6.07) is -1.22. The van der Waals surface area contributed by atoms with E-state index < -0.39 is 108 Å². The molecule has 444 valence electrons. The third-order valence-corrected chi connectivity index (χ3v) is 12.1. The molecule has 3 aromatic rings. The maximum atomic E-state index is 13.8. The predicted octanol–water partition coefficient (Wildman–Crippen LogP) is -2.88. The molecule has 0 saturated heterocycles. The second kappa shape index (κ2) is 32.8. The Hall–Kier alpha value is -8.95. The molecule has 17 N–H and O–H groups in total. The summed E-state index contributed by atoms with van der Waals surface area (Å²) in [6.07, 6.45) is -0.784. The molecular weight excluding hydrogens is 1070 g/mol. The van der Waals surface area contributed by atoms with Crippen molar-refractivity contribution in [3.05, 3.63) is 41.7 Å². The van der Waals surface area contributed by atoms with Gasteiger partial charge < -0.3 is 64.2 Å². The molecular formula is C48H71N17O16. The van der Waals surface area contributed by atoms with E-state index in [4.69, 9.17) is 17.2 Å². The molecule has 5 atom stereocenters.